The van der Waals surface area contributed by atoms with Gasteiger partial charge < -0.3 is 14.9 Å². The standard InChI is InChI=1S/C15H14O3/c16-15(17)10-9-12-5-4-8-14(11-12)18-13-6-2-1-3-7-13/h1-11,15-17H/b10-9+. The van der Waals surface area contributed by atoms with E-state index in [4.69, 9.17) is 14.9 Å². The number of aliphatic hydroxyl groups excluding tert-OH is 1. The fourth-order valence-electron chi connectivity index (χ4n) is 1.50. The third-order valence-electron chi connectivity index (χ3n) is 2.30. The van der Waals surface area contributed by atoms with Crippen LogP contribution in [0.15, 0.2) is 60.7 Å². The molecule has 0 bridgehead atoms. The van der Waals surface area contributed by atoms with E-state index in [1.54, 1.807) is 6.08 Å². The molecular weight excluding hydrogens is 228 g/mol. The lowest BCUT2D eigenvalue weighted by molar-refractivity contribution is 0.00303. The predicted molar refractivity (Wildman–Crippen MR) is 70.2 cm³/mol. The van der Waals surface area contributed by atoms with Crippen molar-refractivity contribution >= 4 is 6.08 Å². The summed E-state index contributed by atoms with van der Waals surface area (Å²) in [6, 6.07) is 16.9. The SMILES string of the molecule is OC(O)/C=C/c1cccc(Oc2ccccc2)c1. The Balaban J connectivity index is 2.13. The summed E-state index contributed by atoms with van der Waals surface area (Å²) in [4.78, 5) is 0. The van der Waals surface area contributed by atoms with Crippen LogP contribution in [0.4, 0.5) is 0 Å². The van der Waals surface area contributed by atoms with Gasteiger partial charge in [0.05, 0.1) is 0 Å². The summed E-state index contributed by atoms with van der Waals surface area (Å²) in [6.45, 7) is 0. The second kappa shape index (κ2) is 6.00. The van der Waals surface area contributed by atoms with Crippen molar-refractivity contribution in [2.45, 2.75) is 6.29 Å². The number of hydrogen-bond acceptors (Lipinski definition) is 3. The van der Waals surface area contributed by atoms with Gasteiger partial charge in [0.1, 0.15) is 11.5 Å². The average molecular weight is 242 g/mol. The summed E-state index contributed by atoms with van der Waals surface area (Å²) >= 11 is 0. The van der Waals surface area contributed by atoms with Crippen LogP contribution in [-0.4, -0.2) is 16.5 Å². The van der Waals surface area contributed by atoms with E-state index in [0.29, 0.717) is 5.75 Å². The van der Waals surface area contributed by atoms with Crippen LogP contribution in [0, 0.1) is 0 Å². The van der Waals surface area contributed by atoms with Gasteiger partial charge in [-0.05, 0) is 35.9 Å². The molecule has 2 aromatic carbocycles. The Morgan fingerprint density at radius 3 is 2.33 bits per heavy atom. The summed E-state index contributed by atoms with van der Waals surface area (Å²) in [5, 5.41) is 17.5. The van der Waals surface area contributed by atoms with Crippen molar-refractivity contribution in [3.63, 3.8) is 0 Å². The Kier molecular flexibility index (Phi) is 4.12. The molecule has 0 radical (unpaired) electrons. The van der Waals surface area contributed by atoms with Crippen molar-refractivity contribution < 1.29 is 14.9 Å². The predicted octanol–water partition coefficient (Wildman–Crippen LogP) is 2.80. The zero-order valence-corrected chi connectivity index (χ0v) is 9.73. The second-order valence-electron chi connectivity index (χ2n) is 3.76. The van der Waals surface area contributed by atoms with Gasteiger partial charge >= 0.3 is 0 Å². The highest BCUT2D eigenvalue weighted by Crippen LogP contribution is 2.22. The van der Waals surface area contributed by atoms with E-state index in [1.807, 2.05) is 54.6 Å². The molecule has 2 aromatic rings. The molecule has 0 unspecified atom stereocenters. The van der Waals surface area contributed by atoms with Crippen LogP contribution in [-0.2, 0) is 0 Å². The molecule has 2 rings (SSSR count). The van der Waals surface area contributed by atoms with E-state index in [1.165, 1.54) is 6.08 Å². The van der Waals surface area contributed by atoms with Gasteiger partial charge in [-0.15, -0.1) is 0 Å². The van der Waals surface area contributed by atoms with Crippen LogP contribution in [0.3, 0.4) is 0 Å². The number of para-hydroxylation sites is 1. The molecule has 0 aliphatic carbocycles. The maximum atomic E-state index is 8.76. The Hall–Kier alpha value is -2.10. The van der Waals surface area contributed by atoms with Crippen LogP contribution >= 0.6 is 0 Å². The van der Waals surface area contributed by atoms with Crippen LogP contribution in [0.25, 0.3) is 6.08 Å². The fraction of sp³-hybridized carbons (Fsp3) is 0.0667. The highest BCUT2D eigenvalue weighted by atomic mass is 16.5. The molecule has 0 aliphatic heterocycles. The van der Waals surface area contributed by atoms with E-state index in [2.05, 4.69) is 0 Å². The van der Waals surface area contributed by atoms with Crippen LogP contribution in [0.5, 0.6) is 11.5 Å². The lowest BCUT2D eigenvalue weighted by atomic mass is 10.2. The Morgan fingerprint density at radius 1 is 0.889 bits per heavy atom. The quantitative estimate of drug-likeness (QED) is 0.810. The number of benzene rings is 2. The largest absolute Gasteiger partial charge is 0.457 e. The third kappa shape index (κ3) is 3.73. The number of aliphatic hydroxyl groups is 2. The van der Waals surface area contributed by atoms with Gasteiger partial charge in [-0.1, -0.05) is 36.4 Å². The molecule has 2 N–H and O–H groups in total. The maximum absolute atomic E-state index is 8.76. The van der Waals surface area contributed by atoms with Gasteiger partial charge in [-0.25, -0.2) is 0 Å². The topological polar surface area (TPSA) is 49.7 Å². The third-order valence-corrected chi connectivity index (χ3v) is 2.30. The highest BCUT2D eigenvalue weighted by Gasteiger charge is 1.97. The summed E-state index contributed by atoms with van der Waals surface area (Å²) in [6.07, 6.45) is 1.48. The molecule has 0 saturated carbocycles. The molecular formula is C15H14O3. The monoisotopic (exact) mass is 242 g/mol. The number of rotatable bonds is 4. The van der Waals surface area contributed by atoms with Crippen LogP contribution < -0.4 is 4.74 Å². The molecule has 18 heavy (non-hydrogen) atoms. The fourth-order valence-corrected chi connectivity index (χ4v) is 1.50. The van der Waals surface area contributed by atoms with Crippen molar-refractivity contribution in [3.05, 3.63) is 66.2 Å². The Bertz CT molecular complexity index is 518. The lowest BCUT2D eigenvalue weighted by Gasteiger charge is -2.06. The summed E-state index contributed by atoms with van der Waals surface area (Å²) in [5.41, 5.74) is 0.844. The molecule has 92 valence electrons. The first-order chi connectivity index (χ1) is 8.74. The first-order valence-corrected chi connectivity index (χ1v) is 5.61. The molecule has 0 fully saturated rings. The number of hydrogen-bond donors (Lipinski definition) is 2. The molecule has 0 aliphatic rings. The van der Waals surface area contributed by atoms with Crippen molar-refractivity contribution in [1.29, 1.82) is 0 Å². The van der Waals surface area contributed by atoms with Gasteiger partial charge in [0.15, 0.2) is 6.29 Å². The van der Waals surface area contributed by atoms with Crippen molar-refractivity contribution in [3.8, 4) is 11.5 Å². The first-order valence-electron chi connectivity index (χ1n) is 5.61. The molecule has 0 saturated heterocycles. The maximum Gasteiger partial charge on any atom is 0.171 e. The van der Waals surface area contributed by atoms with Crippen molar-refractivity contribution in [2.24, 2.45) is 0 Å². The van der Waals surface area contributed by atoms with Crippen molar-refractivity contribution in [2.75, 3.05) is 0 Å². The lowest BCUT2D eigenvalue weighted by Crippen LogP contribution is -1.96. The molecule has 3 nitrogen and oxygen atoms in total. The molecule has 0 heterocycles. The van der Waals surface area contributed by atoms with Gasteiger partial charge in [0.2, 0.25) is 0 Å². The molecule has 0 atom stereocenters. The van der Waals surface area contributed by atoms with E-state index < -0.39 is 6.29 Å². The average Bonchev–Trinajstić information content (AvgIpc) is 2.38. The second-order valence-corrected chi connectivity index (χ2v) is 3.76. The highest BCUT2D eigenvalue weighted by molar-refractivity contribution is 5.52. The number of ether oxygens (including phenoxy) is 1. The smallest absolute Gasteiger partial charge is 0.171 e. The zero-order chi connectivity index (χ0) is 12.8. The van der Waals surface area contributed by atoms with E-state index >= 15 is 0 Å². The van der Waals surface area contributed by atoms with Crippen molar-refractivity contribution in [1.82, 2.24) is 0 Å². The van der Waals surface area contributed by atoms with Gasteiger partial charge in [0, 0.05) is 0 Å². The van der Waals surface area contributed by atoms with Crippen LogP contribution in [0.2, 0.25) is 0 Å². The first kappa shape index (κ1) is 12.4. The normalized spacial score (nSPS) is 11.1. The van der Waals surface area contributed by atoms with Gasteiger partial charge in [-0.2, -0.15) is 0 Å². The van der Waals surface area contributed by atoms with E-state index in [-0.39, 0.29) is 0 Å². The molecule has 0 aromatic heterocycles. The van der Waals surface area contributed by atoms with Crippen LogP contribution in [0.1, 0.15) is 5.56 Å². The molecule has 3 heteroatoms. The molecule has 0 spiro atoms. The van der Waals surface area contributed by atoms with E-state index in [9.17, 15) is 0 Å². The minimum atomic E-state index is -1.44. The minimum Gasteiger partial charge on any atom is -0.457 e. The summed E-state index contributed by atoms with van der Waals surface area (Å²) in [7, 11) is 0. The van der Waals surface area contributed by atoms with Gasteiger partial charge in [0.25, 0.3) is 0 Å². The van der Waals surface area contributed by atoms with Gasteiger partial charge in [-0.3, -0.25) is 0 Å². The summed E-state index contributed by atoms with van der Waals surface area (Å²) < 4.78 is 5.67. The Morgan fingerprint density at radius 2 is 1.61 bits per heavy atom. The Labute approximate surface area is 106 Å². The minimum absolute atomic E-state index is 0.704. The van der Waals surface area contributed by atoms with E-state index in [0.717, 1.165) is 11.3 Å². The summed E-state index contributed by atoms with van der Waals surface area (Å²) in [5.74, 6) is 1.47. The zero-order valence-electron chi connectivity index (χ0n) is 9.73. The molecule has 0 amide bonds.